The average molecular weight is 273 g/mol. The molecule has 1 aromatic rings. The molecule has 0 spiro atoms. The molecule has 1 N–H and O–H groups in total. The Kier molecular flexibility index (Phi) is 3.43. The van der Waals surface area contributed by atoms with E-state index in [9.17, 15) is 0 Å². The summed E-state index contributed by atoms with van der Waals surface area (Å²) in [5, 5.41) is 7.85. The molecule has 1 fully saturated rings. The Morgan fingerprint density at radius 3 is 2.67 bits per heavy atom. The Morgan fingerprint density at radius 1 is 1.47 bits per heavy atom. The minimum Gasteiger partial charge on any atom is -0.314 e. The molecule has 0 saturated carbocycles. The highest BCUT2D eigenvalue weighted by Gasteiger charge is 2.21. The van der Waals surface area contributed by atoms with E-state index >= 15 is 0 Å². The molecule has 0 radical (unpaired) electrons. The fourth-order valence-corrected chi connectivity index (χ4v) is 2.71. The molecule has 2 heterocycles. The fraction of sp³-hybridized carbons (Fsp3) is 0.700. The first-order valence-electron chi connectivity index (χ1n) is 5.32. The van der Waals surface area contributed by atoms with E-state index in [-0.39, 0.29) is 0 Å². The fourth-order valence-electron chi connectivity index (χ4n) is 2.00. The van der Waals surface area contributed by atoms with E-state index in [1.807, 2.05) is 17.9 Å². The third-order valence-electron chi connectivity index (χ3n) is 2.91. The van der Waals surface area contributed by atoms with Gasteiger partial charge in [-0.3, -0.25) is 9.58 Å². The molecule has 0 amide bonds. The van der Waals surface area contributed by atoms with Gasteiger partial charge in [-0.2, -0.15) is 5.10 Å². The van der Waals surface area contributed by atoms with Crippen LogP contribution < -0.4 is 5.32 Å². The molecule has 2 rings (SSSR count). The second-order valence-corrected chi connectivity index (χ2v) is 4.85. The van der Waals surface area contributed by atoms with Crippen LogP contribution in [-0.2, 0) is 7.05 Å². The Hall–Kier alpha value is -0.390. The molecule has 1 aliphatic rings. The van der Waals surface area contributed by atoms with Crippen molar-refractivity contribution in [3.05, 3.63) is 16.4 Å². The van der Waals surface area contributed by atoms with Crippen molar-refractivity contribution < 1.29 is 0 Å². The topological polar surface area (TPSA) is 33.1 Å². The molecular formula is C10H17BrN4. The summed E-state index contributed by atoms with van der Waals surface area (Å²) in [4.78, 5) is 2.46. The van der Waals surface area contributed by atoms with E-state index in [2.05, 4.69) is 38.2 Å². The van der Waals surface area contributed by atoms with Crippen molar-refractivity contribution >= 4 is 15.9 Å². The van der Waals surface area contributed by atoms with Crippen LogP contribution in [0.5, 0.6) is 0 Å². The van der Waals surface area contributed by atoms with Crippen LogP contribution in [0.2, 0.25) is 0 Å². The number of nitrogens with zero attached hydrogens (tertiary/aromatic N) is 3. The molecular weight excluding hydrogens is 256 g/mol. The van der Waals surface area contributed by atoms with Crippen LogP contribution in [0.1, 0.15) is 18.7 Å². The zero-order chi connectivity index (χ0) is 10.8. The molecule has 1 atom stereocenters. The number of aromatic nitrogens is 2. The van der Waals surface area contributed by atoms with Gasteiger partial charge in [-0.15, -0.1) is 0 Å². The van der Waals surface area contributed by atoms with Gasteiger partial charge >= 0.3 is 0 Å². The summed E-state index contributed by atoms with van der Waals surface area (Å²) in [5.74, 6) is 0. The average Bonchev–Trinajstić information content (AvgIpc) is 2.58. The van der Waals surface area contributed by atoms with E-state index in [1.165, 1.54) is 0 Å². The largest absolute Gasteiger partial charge is 0.314 e. The maximum Gasteiger partial charge on any atom is 0.0935 e. The molecule has 4 nitrogen and oxygen atoms in total. The Morgan fingerprint density at radius 2 is 2.13 bits per heavy atom. The predicted molar refractivity (Wildman–Crippen MR) is 63.8 cm³/mol. The first-order chi connectivity index (χ1) is 7.18. The molecule has 0 aromatic carbocycles. The van der Waals surface area contributed by atoms with E-state index in [4.69, 9.17) is 0 Å². The lowest BCUT2D eigenvalue weighted by molar-refractivity contribution is 0.181. The van der Waals surface area contributed by atoms with E-state index in [0.29, 0.717) is 6.04 Å². The summed E-state index contributed by atoms with van der Waals surface area (Å²) in [6, 6.07) is 0.391. The van der Waals surface area contributed by atoms with Crippen LogP contribution in [0.25, 0.3) is 0 Å². The number of aryl methyl sites for hydroxylation is 1. The normalized spacial score (nSPS) is 20.5. The van der Waals surface area contributed by atoms with Crippen molar-refractivity contribution in [3.63, 3.8) is 0 Å². The maximum atomic E-state index is 4.49. The van der Waals surface area contributed by atoms with Crippen LogP contribution in [-0.4, -0.2) is 40.9 Å². The van der Waals surface area contributed by atoms with Crippen molar-refractivity contribution in [1.82, 2.24) is 20.0 Å². The van der Waals surface area contributed by atoms with Gasteiger partial charge in [0.2, 0.25) is 0 Å². The van der Waals surface area contributed by atoms with Crippen LogP contribution in [0.4, 0.5) is 0 Å². The SMILES string of the molecule is CC(c1nn(C)cc1Br)N1CCNCC1. The van der Waals surface area contributed by atoms with Crippen molar-refractivity contribution in [2.45, 2.75) is 13.0 Å². The lowest BCUT2D eigenvalue weighted by Crippen LogP contribution is -2.44. The molecule has 1 unspecified atom stereocenters. The van der Waals surface area contributed by atoms with Crippen LogP contribution in [0.3, 0.4) is 0 Å². The summed E-state index contributed by atoms with van der Waals surface area (Å²) < 4.78 is 2.97. The Balaban J connectivity index is 2.12. The van der Waals surface area contributed by atoms with Crippen LogP contribution in [0, 0.1) is 0 Å². The Labute approximate surface area is 98.8 Å². The highest BCUT2D eigenvalue weighted by Crippen LogP contribution is 2.25. The van der Waals surface area contributed by atoms with Gasteiger partial charge in [0.25, 0.3) is 0 Å². The molecule has 84 valence electrons. The predicted octanol–water partition coefficient (Wildman–Crippen LogP) is 1.15. The van der Waals surface area contributed by atoms with Gasteiger partial charge in [-0.05, 0) is 22.9 Å². The quantitative estimate of drug-likeness (QED) is 0.877. The molecule has 0 aliphatic carbocycles. The van der Waals surface area contributed by atoms with Crippen LogP contribution >= 0.6 is 15.9 Å². The van der Waals surface area contributed by atoms with Gasteiger partial charge in [0.05, 0.1) is 16.2 Å². The van der Waals surface area contributed by atoms with Gasteiger partial charge in [-0.25, -0.2) is 0 Å². The molecule has 0 bridgehead atoms. The van der Waals surface area contributed by atoms with Gasteiger partial charge in [0.1, 0.15) is 0 Å². The van der Waals surface area contributed by atoms with Crippen molar-refractivity contribution in [2.24, 2.45) is 7.05 Å². The monoisotopic (exact) mass is 272 g/mol. The number of piperazine rings is 1. The first kappa shape index (κ1) is 11.1. The summed E-state index contributed by atoms with van der Waals surface area (Å²) in [7, 11) is 1.96. The number of halogens is 1. The molecule has 1 aromatic heterocycles. The summed E-state index contributed by atoms with van der Waals surface area (Å²) in [6.45, 7) is 6.58. The zero-order valence-corrected chi connectivity index (χ0v) is 10.8. The second-order valence-electron chi connectivity index (χ2n) is 4.00. The smallest absolute Gasteiger partial charge is 0.0935 e. The van der Waals surface area contributed by atoms with Crippen LogP contribution in [0.15, 0.2) is 10.7 Å². The highest BCUT2D eigenvalue weighted by atomic mass is 79.9. The Bertz CT molecular complexity index is 330. The lowest BCUT2D eigenvalue weighted by Gasteiger charge is -2.32. The first-order valence-corrected chi connectivity index (χ1v) is 6.11. The van der Waals surface area contributed by atoms with Crippen molar-refractivity contribution in [2.75, 3.05) is 26.2 Å². The number of hydrogen-bond donors (Lipinski definition) is 1. The number of hydrogen-bond acceptors (Lipinski definition) is 3. The zero-order valence-electron chi connectivity index (χ0n) is 9.20. The molecule has 5 heteroatoms. The van der Waals surface area contributed by atoms with Gasteiger partial charge in [-0.1, -0.05) is 0 Å². The third kappa shape index (κ3) is 2.41. The minimum absolute atomic E-state index is 0.391. The highest BCUT2D eigenvalue weighted by molar-refractivity contribution is 9.10. The maximum absolute atomic E-state index is 4.49. The summed E-state index contributed by atoms with van der Waals surface area (Å²) >= 11 is 3.56. The van der Waals surface area contributed by atoms with Gasteiger partial charge in [0.15, 0.2) is 0 Å². The molecule has 1 saturated heterocycles. The van der Waals surface area contributed by atoms with Crippen molar-refractivity contribution in [3.8, 4) is 0 Å². The van der Waals surface area contributed by atoms with Gasteiger partial charge in [0, 0.05) is 39.4 Å². The number of rotatable bonds is 2. The van der Waals surface area contributed by atoms with E-state index in [0.717, 1.165) is 36.3 Å². The molecule has 15 heavy (non-hydrogen) atoms. The third-order valence-corrected chi connectivity index (χ3v) is 3.52. The van der Waals surface area contributed by atoms with Gasteiger partial charge < -0.3 is 5.32 Å². The lowest BCUT2D eigenvalue weighted by atomic mass is 10.2. The molecule has 1 aliphatic heterocycles. The second kappa shape index (κ2) is 4.63. The van der Waals surface area contributed by atoms with E-state index < -0.39 is 0 Å². The summed E-state index contributed by atoms with van der Waals surface area (Å²) in [5.41, 5.74) is 1.14. The summed E-state index contributed by atoms with van der Waals surface area (Å²) in [6.07, 6.45) is 2.01. The van der Waals surface area contributed by atoms with E-state index in [1.54, 1.807) is 0 Å². The minimum atomic E-state index is 0.391. The standard InChI is InChI=1S/C10H17BrN4/c1-8(15-5-3-12-4-6-15)10-9(11)7-14(2)13-10/h7-8,12H,3-6H2,1-2H3. The van der Waals surface area contributed by atoms with Crippen molar-refractivity contribution in [1.29, 1.82) is 0 Å². The number of nitrogens with one attached hydrogen (secondary N) is 1.